The summed E-state index contributed by atoms with van der Waals surface area (Å²) in [7, 11) is 0. The number of anilines is 1. The average Bonchev–Trinajstić information content (AvgIpc) is 2.74. The minimum Gasteiger partial charge on any atom is -0.494 e. The maximum absolute atomic E-state index is 13.3. The molecule has 1 aromatic heterocycles. The summed E-state index contributed by atoms with van der Waals surface area (Å²) in [4.78, 5) is 27.5. The third kappa shape index (κ3) is 3.47. The van der Waals surface area contributed by atoms with Gasteiger partial charge >= 0.3 is 5.63 Å². The van der Waals surface area contributed by atoms with Crippen molar-refractivity contribution in [2.24, 2.45) is 0 Å². The lowest BCUT2D eigenvalue weighted by Gasteiger charge is -2.22. The van der Waals surface area contributed by atoms with Gasteiger partial charge in [-0.05, 0) is 43.5 Å². The quantitative estimate of drug-likeness (QED) is 0.452. The Kier molecular flexibility index (Phi) is 5.04. The van der Waals surface area contributed by atoms with Crippen LogP contribution in [0.25, 0.3) is 21.7 Å². The van der Waals surface area contributed by atoms with Crippen LogP contribution in [0.3, 0.4) is 0 Å². The van der Waals surface area contributed by atoms with Gasteiger partial charge in [-0.2, -0.15) is 0 Å². The van der Waals surface area contributed by atoms with Crippen LogP contribution >= 0.6 is 0 Å². The summed E-state index contributed by atoms with van der Waals surface area (Å²) in [6, 6.07) is 20.5. The zero-order chi connectivity index (χ0) is 20.4. The Bertz CT molecular complexity index is 1250. The summed E-state index contributed by atoms with van der Waals surface area (Å²) in [6.45, 7) is 4.71. The van der Waals surface area contributed by atoms with Crippen LogP contribution in [-0.2, 0) is 0 Å². The number of hydrogen-bond acceptors (Lipinski definition) is 4. The Morgan fingerprint density at radius 1 is 0.966 bits per heavy atom. The lowest BCUT2D eigenvalue weighted by Crippen LogP contribution is -2.34. The molecule has 0 unspecified atom stereocenters. The number of hydrogen-bond donors (Lipinski definition) is 0. The molecule has 4 rings (SSSR count). The zero-order valence-electron chi connectivity index (χ0n) is 16.3. The first kappa shape index (κ1) is 18.7. The van der Waals surface area contributed by atoms with E-state index in [2.05, 4.69) is 0 Å². The Balaban J connectivity index is 1.79. The van der Waals surface area contributed by atoms with Gasteiger partial charge in [0.25, 0.3) is 5.91 Å². The lowest BCUT2D eigenvalue weighted by molar-refractivity contribution is 0.0985. The highest BCUT2D eigenvalue weighted by molar-refractivity contribution is 6.11. The molecule has 0 bridgehead atoms. The van der Waals surface area contributed by atoms with E-state index in [9.17, 15) is 9.59 Å². The van der Waals surface area contributed by atoms with Crippen LogP contribution in [0.4, 0.5) is 5.69 Å². The molecule has 29 heavy (non-hydrogen) atoms. The van der Waals surface area contributed by atoms with Crippen LogP contribution < -0.4 is 15.3 Å². The maximum atomic E-state index is 13.3. The van der Waals surface area contributed by atoms with E-state index >= 15 is 0 Å². The molecule has 1 heterocycles. The summed E-state index contributed by atoms with van der Waals surface area (Å²) >= 11 is 0. The van der Waals surface area contributed by atoms with Gasteiger partial charge in [0.05, 0.1) is 12.3 Å². The van der Waals surface area contributed by atoms with Gasteiger partial charge in [-0.25, -0.2) is 4.79 Å². The fourth-order valence-electron chi connectivity index (χ4n) is 3.51. The van der Waals surface area contributed by atoms with Crippen LogP contribution in [-0.4, -0.2) is 19.1 Å². The van der Waals surface area contributed by atoms with Crippen molar-refractivity contribution in [3.05, 3.63) is 82.7 Å². The zero-order valence-corrected chi connectivity index (χ0v) is 16.3. The molecule has 146 valence electrons. The van der Waals surface area contributed by atoms with E-state index in [-0.39, 0.29) is 11.5 Å². The number of fused-ring (bicyclic) bond motifs is 2. The molecule has 0 spiro atoms. The van der Waals surface area contributed by atoms with Crippen molar-refractivity contribution in [3.63, 3.8) is 0 Å². The van der Waals surface area contributed by atoms with Crippen LogP contribution in [0.2, 0.25) is 0 Å². The predicted octanol–water partition coefficient (Wildman–Crippen LogP) is 5.01. The fourth-order valence-corrected chi connectivity index (χ4v) is 3.51. The number of nitrogens with zero attached hydrogens (tertiary/aromatic N) is 1. The Morgan fingerprint density at radius 3 is 2.55 bits per heavy atom. The van der Waals surface area contributed by atoms with Crippen molar-refractivity contribution >= 4 is 33.3 Å². The SMILES string of the molecule is CCOc1ccc2cc(C(=O)N(CC)c3cccc4ccccc34)c(=O)oc2c1. The molecular formula is C24H21NO4. The molecule has 5 nitrogen and oxygen atoms in total. The van der Waals surface area contributed by atoms with E-state index in [1.807, 2.05) is 56.3 Å². The number of amides is 1. The molecule has 0 atom stereocenters. The second-order valence-corrected chi connectivity index (χ2v) is 6.63. The second kappa shape index (κ2) is 7.80. The van der Waals surface area contributed by atoms with Crippen molar-refractivity contribution in [3.8, 4) is 5.75 Å². The van der Waals surface area contributed by atoms with Gasteiger partial charge in [0.15, 0.2) is 0 Å². The van der Waals surface area contributed by atoms with Crippen molar-refractivity contribution in [1.82, 2.24) is 0 Å². The highest BCUT2D eigenvalue weighted by atomic mass is 16.5. The maximum Gasteiger partial charge on any atom is 0.349 e. The normalized spacial score (nSPS) is 11.0. The molecule has 0 saturated carbocycles. The van der Waals surface area contributed by atoms with Gasteiger partial charge < -0.3 is 14.1 Å². The summed E-state index contributed by atoms with van der Waals surface area (Å²) in [5.41, 5.74) is 0.513. The summed E-state index contributed by atoms with van der Waals surface area (Å²) in [5, 5.41) is 2.66. The van der Waals surface area contributed by atoms with Gasteiger partial charge in [-0.1, -0.05) is 36.4 Å². The molecule has 0 aliphatic carbocycles. The summed E-state index contributed by atoms with van der Waals surface area (Å²) in [5.74, 6) is 0.238. The predicted molar refractivity (Wildman–Crippen MR) is 115 cm³/mol. The third-order valence-electron chi connectivity index (χ3n) is 4.87. The first-order valence-corrected chi connectivity index (χ1v) is 9.62. The largest absolute Gasteiger partial charge is 0.494 e. The molecule has 4 aromatic rings. The molecule has 0 fully saturated rings. The molecule has 0 radical (unpaired) electrons. The van der Waals surface area contributed by atoms with E-state index in [1.165, 1.54) is 0 Å². The van der Waals surface area contributed by atoms with Crippen molar-refractivity contribution in [1.29, 1.82) is 0 Å². The molecule has 3 aromatic carbocycles. The molecule has 0 aliphatic rings. The van der Waals surface area contributed by atoms with Gasteiger partial charge in [0.1, 0.15) is 16.9 Å². The molecule has 0 saturated heterocycles. The fraction of sp³-hybridized carbons (Fsp3) is 0.167. The molecule has 0 aliphatic heterocycles. The van der Waals surface area contributed by atoms with Crippen molar-refractivity contribution < 1.29 is 13.9 Å². The van der Waals surface area contributed by atoms with E-state index in [0.29, 0.717) is 29.9 Å². The van der Waals surface area contributed by atoms with E-state index < -0.39 is 5.63 Å². The Morgan fingerprint density at radius 2 is 1.76 bits per heavy atom. The topological polar surface area (TPSA) is 59.8 Å². The smallest absolute Gasteiger partial charge is 0.349 e. The second-order valence-electron chi connectivity index (χ2n) is 6.63. The number of benzene rings is 3. The van der Waals surface area contributed by atoms with Crippen LogP contribution in [0, 0.1) is 0 Å². The van der Waals surface area contributed by atoms with Gasteiger partial charge in [-0.15, -0.1) is 0 Å². The highest BCUT2D eigenvalue weighted by Crippen LogP contribution is 2.28. The standard InChI is InChI=1S/C24H21NO4/c1-3-25(21-11-7-9-16-8-5-6-10-19(16)21)23(26)20-14-17-12-13-18(28-4-2)15-22(17)29-24(20)27/h5-15H,3-4H2,1-2H3. The van der Waals surface area contributed by atoms with Gasteiger partial charge in [-0.3, -0.25) is 4.79 Å². The van der Waals surface area contributed by atoms with Crippen LogP contribution in [0.1, 0.15) is 24.2 Å². The van der Waals surface area contributed by atoms with Crippen LogP contribution in [0.5, 0.6) is 5.75 Å². The average molecular weight is 387 g/mol. The molecular weight excluding hydrogens is 366 g/mol. The minimum absolute atomic E-state index is 0.0106. The lowest BCUT2D eigenvalue weighted by atomic mass is 10.1. The summed E-state index contributed by atoms with van der Waals surface area (Å²) in [6.07, 6.45) is 0. The molecule has 1 amide bonds. The molecule has 0 N–H and O–H groups in total. The number of rotatable bonds is 5. The number of carbonyl (C=O) groups is 1. The molecule has 5 heteroatoms. The van der Waals surface area contributed by atoms with E-state index in [0.717, 1.165) is 16.5 Å². The van der Waals surface area contributed by atoms with E-state index in [4.69, 9.17) is 9.15 Å². The van der Waals surface area contributed by atoms with E-state index in [1.54, 1.807) is 29.2 Å². The number of carbonyl (C=O) groups excluding carboxylic acids is 1. The van der Waals surface area contributed by atoms with Gasteiger partial charge in [0, 0.05) is 23.4 Å². The monoisotopic (exact) mass is 387 g/mol. The minimum atomic E-state index is -0.658. The Labute approximate surface area is 168 Å². The Hall–Kier alpha value is -3.60. The summed E-state index contributed by atoms with van der Waals surface area (Å²) < 4.78 is 10.9. The first-order chi connectivity index (χ1) is 14.1. The first-order valence-electron chi connectivity index (χ1n) is 9.62. The van der Waals surface area contributed by atoms with Crippen molar-refractivity contribution in [2.45, 2.75) is 13.8 Å². The van der Waals surface area contributed by atoms with Crippen molar-refractivity contribution in [2.75, 3.05) is 18.1 Å². The highest BCUT2D eigenvalue weighted by Gasteiger charge is 2.22. The van der Waals surface area contributed by atoms with Gasteiger partial charge in [0.2, 0.25) is 0 Å². The number of ether oxygens (including phenoxy) is 1. The third-order valence-corrected chi connectivity index (χ3v) is 4.87. The van der Waals surface area contributed by atoms with Crippen LogP contribution in [0.15, 0.2) is 75.9 Å².